The lowest BCUT2D eigenvalue weighted by Crippen LogP contribution is -2.22. The van der Waals surface area contributed by atoms with Gasteiger partial charge in [0.15, 0.2) is 10.3 Å². The number of halogens is 1. The minimum Gasteiger partial charge on any atom is -0.358 e. The van der Waals surface area contributed by atoms with Crippen molar-refractivity contribution in [3.05, 3.63) is 33.4 Å². The first-order valence-corrected chi connectivity index (χ1v) is 6.15. The maximum Gasteiger partial charge on any atom is 0.392 e. The van der Waals surface area contributed by atoms with E-state index in [1.165, 1.54) is 28.9 Å². The number of hydrogen-bond donors (Lipinski definition) is 0. The topological polar surface area (TPSA) is 107 Å². The largest absolute Gasteiger partial charge is 0.392 e. The van der Waals surface area contributed by atoms with E-state index >= 15 is 0 Å². The Morgan fingerprint density at radius 2 is 2.25 bits per heavy atom. The van der Waals surface area contributed by atoms with E-state index in [1.54, 1.807) is 7.05 Å². The van der Waals surface area contributed by atoms with Crippen molar-refractivity contribution in [1.82, 2.24) is 19.7 Å². The number of anilines is 1. The van der Waals surface area contributed by atoms with Gasteiger partial charge in [-0.25, -0.2) is 9.67 Å². The normalized spacial score (nSPS) is 10.3. The average Bonchev–Trinajstić information content (AvgIpc) is 2.79. The molecule has 2 aromatic rings. The zero-order valence-corrected chi connectivity index (χ0v) is 12.1. The van der Waals surface area contributed by atoms with Crippen molar-refractivity contribution in [2.75, 3.05) is 11.9 Å². The zero-order chi connectivity index (χ0) is 14.9. The summed E-state index contributed by atoms with van der Waals surface area (Å²) in [4.78, 5) is 30.4. The predicted octanol–water partition coefficient (Wildman–Crippen LogP) is 1.32. The Hall–Kier alpha value is -2.36. The van der Waals surface area contributed by atoms with Crippen LogP contribution in [-0.4, -0.2) is 37.6 Å². The lowest BCUT2D eigenvalue weighted by atomic mass is 10.4. The zero-order valence-electron chi connectivity index (χ0n) is 10.5. The fourth-order valence-electron chi connectivity index (χ4n) is 1.48. The Balaban J connectivity index is 2.53. The van der Waals surface area contributed by atoms with Crippen molar-refractivity contribution >= 4 is 33.3 Å². The third-order valence-electron chi connectivity index (χ3n) is 2.58. The quantitative estimate of drug-likeness (QED) is 0.615. The monoisotopic (exact) mass is 340 g/mol. The molecule has 0 aliphatic rings. The molecule has 0 spiro atoms. The fraction of sp³-hybridized carbons (Fsp3) is 0.200. The summed E-state index contributed by atoms with van der Waals surface area (Å²) in [7, 11) is 1.57. The van der Waals surface area contributed by atoms with Crippen molar-refractivity contribution < 1.29 is 9.72 Å². The maximum absolute atomic E-state index is 11.4. The van der Waals surface area contributed by atoms with Gasteiger partial charge in [-0.1, -0.05) is 0 Å². The van der Waals surface area contributed by atoms with Crippen LogP contribution in [0.15, 0.2) is 23.3 Å². The van der Waals surface area contributed by atoms with Gasteiger partial charge in [0.1, 0.15) is 0 Å². The number of rotatable bonds is 3. The summed E-state index contributed by atoms with van der Waals surface area (Å²) in [5, 5.41) is 15.0. The van der Waals surface area contributed by atoms with Crippen molar-refractivity contribution in [1.29, 1.82) is 0 Å². The van der Waals surface area contributed by atoms with E-state index < -0.39 is 4.92 Å². The highest BCUT2D eigenvalue weighted by Gasteiger charge is 2.21. The highest BCUT2D eigenvalue weighted by molar-refractivity contribution is 9.10. The molecule has 104 valence electrons. The molecule has 2 rings (SSSR count). The Kier molecular flexibility index (Phi) is 3.74. The summed E-state index contributed by atoms with van der Waals surface area (Å²) < 4.78 is 1.63. The van der Waals surface area contributed by atoms with E-state index in [-0.39, 0.29) is 17.4 Å². The van der Waals surface area contributed by atoms with Crippen LogP contribution in [0.4, 0.5) is 11.5 Å². The minimum absolute atomic E-state index is 0.112. The van der Waals surface area contributed by atoms with Gasteiger partial charge in [-0.15, -0.1) is 0 Å². The first-order chi connectivity index (χ1) is 9.41. The Morgan fingerprint density at radius 3 is 2.85 bits per heavy atom. The van der Waals surface area contributed by atoms with Gasteiger partial charge in [0.05, 0.1) is 18.1 Å². The number of hydrogen-bond acceptors (Lipinski definition) is 6. The predicted molar refractivity (Wildman–Crippen MR) is 72.6 cm³/mol. The van der Waals surface area contributed by atoms with Crippen molar-refractivity contribution in [3.8, 4) is 5.69 Å². The summed E-state index contributed by atoms with van der Waals surface area (Å²) in [6, 6.07) is 0. The molecule has 10 heteroatoms. The highest BCUT2D eigenvalue weighted by Crippen LogP contribution is 2.27. The molecule has 0 unspecified atom stereocenters. The first kappa shape index (κ1) is 14.1. The molecule has 0 aliphatic carbocycles. The van der Waals surface area contributed by atoms with E-state index in [2.05, 4.69) is 31.0 Å². The molecule has 0 fully saturated rings. The second-order valence-electron chi connectivity index (χ2n) is 3.82. The molecule has 2 aromatic heterocycles. The molecule has 0 saturated carbocycles. The van der Waals surface area contributed by atoms with E-state index in [4.69, 9.17) is 0 Å². The van der Waals surface area contributed by atoms with Crippen LogP contribution < -0.4 is 4.90 Å². The number of nitrogens with zero attached hydrogens (tertiary/aromatic N) is 6. The fourth-order valence-corrected chi connectivity index (χ4v) is 2.02. The van der Waals surface area contributed by atoms with E-state index in [0.29, 0.717) is 10.3 Å². The van der Waals surface area contributed by atoms with Gasteiger partial charge >= 0.3 is 5.82 Å². The van der Waals surface area contributed by atoms with E-state index in [9.17, 15) is 14.9 Å². The van der Waals surface area contributed by atoms with Crippen LogP contribution in [0.1, 0.15) is 6.92 Å². The van der Waals surface area contributed by atoms with Crippen LogP contribution in [0.25, 0.3) is 5.69 Å². The average molecular weight is 341 g/mol. The summed E-state index contributed by atoms with van der Waals surface area (Å²) in [5.74, 6) is -0.559. The molecular formula is C10H9BrN6O3. The Labute approximate surface area is 121 Å². The van der Waals surface area contributed by atoms with Crippen LogP contribution in [0, 0.1) is 10.1 Å². The Morgan fingerprint density at radius 1 is 1.55 bits per heavy atom. The summed E-state index contributed by atoms with van der Waals surface area (Å²) in [5.41, 5.74) is 0.594. The number of carbonyl (C=O) groups excluding carboxylic acids is 1. The van der Waals surface area contributed by atoms with Gasteiger partial charge in [0.25, 0.3) is 0 Å². The Bertz CT molecular complexity index is 685. The first-order valence-electron chi connectivity index (χ1n) is 5.36. The molecule has 0 atom stereocenters. The number of amides is 1. The molecule has 0 bridgehead atoms. The van der Waals surface area contributed by atoms with Gasteiger partial charge in [0, 0.05) is 14.0 Å². The molecule has 0 radical (unpaired) electrons. The molecular weight excluding hydrogens is 332 g/mol. The SMILES string of the molecule is CC(=O)N(C)c1cn(-c2cncnc2[N+](=O)[O-])nc1Br. The summed E-state index contributed by atoms with van der Waals surface area (Å²) >= 11 is 3.21. The molecule has 0 saturated heterocycles. The molecule has 20 heavy (non-hydrogen) atoms. The van der Waals surface area contributed by atoms with Crippen LogP contribution in [-0.2, 0) is 4.79 Å². The van der Waals surface area contributed by atoms with Crippen LogP contribution in [0.3, 0.4) is 0 Å². The third-order valence-corrected chi connectivity index (χ3v) is 3.14. The highest BCUT2D eigenvalue weighted by atomic mass is 79.9. The van der Waals surface area contributed by atoms with Gasteiger partial charge in [-0.2, -0.15) is 5.10 Å². The molecule has 0 N–H and O–H groups in total. The standard InChI is InChI=1S/C10H9BrN6O3/c1-6(18)15(2)8-4-16(14-9(8)11)7-3-12-5-13-10(7)17(19)20/h3-5H,1-2H3. The molecule has 1 amide bonds. The van der Waals surface area contributed by atoms with Gasteiger partial charge in [-0.3, -0.25) is 4.79 Å². The van der Waals surface area contributed by atoms with Crippen molar-refractivity contribution in [2.45, 2.75) is 6.92 Å². The maximum atomic E-state index is 11.4. The molecule has 2 heterocycles. The van der Waals surface area contributed by atoms with Gasteiger partial charge < -0.3 is 15.0 Å². The third kappa shape index (κ3) is 2.50. The van der Waals surface area contributed by atoms with Gasteiger partial charge in [0.2, 0.25) is 12.2 Å². The van der Waals surface area contributed by atoms with E-state index in [1.807, 2.05) is 0 Å². The van der Waals surface area contributed by atoms with Crippen molar-refractivity contribution in [2.24, 2.45) is 0 Å². The second-order valence-corrected chi connectivity index (χ2v) is 4.57. The summed E-state index contributed by atoms with van der Waals surface area (Å²) in [6.07, 6.45) is 3.85. The lowest BCUT2D eigenvalue weighted by molar-refractivity contribution is -0.389. The molecule has 0 aliphatic heterocycles. The molecule has 9 nitrogen and oxygen atoms in total. The van der Waals surface area contributed by atoms with Gasteiger partial charge in [-0.05, 0) is 25.8 Å². The number of carbonyl (C=O) groups is 1. The lowest BCUT2D eigenvalue weighted by Gasteiger charge is -2.11. The van der Waals surface area contributed by atoms with Crippen LogP contribution in [0.2, 0.25) is 0 Å². The minimum atomic E-state index is -0.624. The van der Waals surface area contributed by atoms with Crippen molar-refractivity contribution in [3.63, 3.8) is 0 Å². The van der Waals surface area contributed by atoms with E-state index in [0.717, 1.165) is 6.33 Å². The van der Waals surface area contributed by atoms with Crippen LogP contribution in [0.5, 0.6) is 0 Å². The number of aromatic nitrogens is 4. The smallest absolute Gasteiger partial charge is 0.358 e. The second kappa shape index (κ2) is 5.33. The van der Waals surface area contributed by atoms with Crippen LogP contribution >= 0.6 is 15.9 Å². The molecule has 0 aromatic carbocycles. The summed E-state index contributed by atoms with van der Waals surface area (Å²) in [6.45, 7) is 1.40. The number of nitro groups is 1.